The maximum Gasteiger partial charge on any atom is 0.245 e. The van der Waals surface area contributed by atoms with Crippen molar-refractivity contribution >= 4 is 29.2 Å². The molecule has 4 nitrogen and oxygen atoms in total. The number of aryl methyl sites for hydroxylation is 1. The molecule has 4 aromatic rings. The summed E-state index contributed by atoms with van der Waals surface area (Å²) in [5, 5.41) is 4.13. The molecule has 0 radical (unpaired) electrons. The maximum atomic E-state index is 4.76. The van der Waals surface area contributed by atoms with Crippen molar-refractivity contribution < 1.29 is 0 Å². The van der Waals surface area contributed by atoms with Gasteiger partial charge in [0.05, 0.1) is 0 Å². The summed E-state index contributed by atoms with van der Waals surface area (Å²) in [5.41, 5.74) is 0.986. The van der Waals surface area contributed by atoms with E-state index >= 15 is 0 Å². The summed E-state index contributed by atoms with van der Waals surface area (Å²) in [6.07, 6.45) is 7.47. The quantitative estimate of drug-likeness (QED) is 0.512. The minimum atomic E-state index is -2.72. The Morgan fingerprint density at radius 3 is 1.42 bits per heavy atom. The van der Waals surface area contributed by atoms with Crippen LogP contribution in [0.4, 0.5) is 0 Å². The standard InChI is InChI=1S/C21H18N4Si/c1-17-11-12-18(16-25-17)26(19-8-2-5-13-22-19,20-9-3-6-14-23-20)21-10-4-7-15-24-21/h2-16H,1H3. The number of nitrogens with zero attached hydrogens (tertiary/aromatic N) is 4. The molecule has 0 saturated heterocycles. The molecule has 0 N–H and O–H groups in total. The van der Waals surface area contributed by atoms with Crippen molar-refractivity contribution in [2.24, 2.45) is 0 Å². The molecule has 4 heterocycles. The number of hydrogen-bond donors (Lipinski definition) is 0. The van der Waals surface area contributed by atoms with Gasteiger partial charge < -0.3 is 0 Å². The van der Waals surface area contributed by atoms with Crippen LogP contribution in [-0.2, 0) is 0 Å². The highest BCUT2D eigenvalue weighted by Crippen LogP contribution is 2.05. The molecule has 126 valence electrons. The van der Waals surface area contributed by atoms with Crippen LogP contribution >= 0.6 is 0 Å². The zero-order chi connectivity index (χ0) is 17.8. The van der Waals surface area contributed by atoms with Gasteiger partial charge in [-0.2, -0.15) is 0 Å². The Hall–Kier alpha value is -3.18. The normalized spacial score (nSPS) is 11.3. The molecular weight excluding hydrogens is 336 g/mol. The summed E-state index contributed by atoms with van der Waals surface area (Å²) >= 11 is 0. The van der Waals surface area contributed by atoms with E-state index in [2.05, 4.69) is 29.2 Å². The van der Waals surface area contributed by atoms with Gasteiger partial charge in [-0.25, -0.2) is 0 Å². The third-order valence-corrected chi connectivity index (χ3v) is 8.85. The zero-order valence-electron chi connectivity index (χ0n) is 14.4. The fraction of sp³-hybridized carbons (Fsp3) is 0.0476. The van der Waals surface area contributed by atoms with Crippen LogP contribution in [0.5, 0.6) is 0 Å². The second-order valence-corrected chi connectivity index (χ2v) is 9.70. The molecule has 0 atom stereocenters. The topological polar surface area (TPSA) is 51.6 Å². The van der Waals surface area contributed by atoms with Crippen molar-refractivity contribution in [1.82, 2.24) is 19.9 Å². The molecule has 4 rings (SSSR count). The lowest BCUT2D eigenvalue weighted by Gasteiger charge is -2.30. The first-order valence-corrected chi connectivity index (χ1v) is 10.5. The largest absolute Gasteiger partial charge is 0.265 e. The Morgan fingerprint density at radius 1 is 0.577 bits per heavy atom. The summed E-state index contributed by atoms with van der Waals surface area (Å²) in [6, 6.07) is 22.3. The molecule has 0 aliphatic rings. The van der Waals surface area contributed by atoms with Crippen LogP contribution in [0.2, 0.25) is 0 Å². The third-order valence-electron chi connectivity index (χ3n) is 4.49. The summed E-state index contributed by atoms with van der Waals surface area (Å²) in [6.45, 7) is 2.00. The van der Waals surface area contributed by atoms with Crippen LogP contribution in [0.3, 0.4) is 0 Å². The van der Waals surface area contributed by atoms with Crippen molar-refractivity contribution in [2.75, 3.05) is 0 Å². The van der Waals surface area contributed by atoms with Gasteiger partial charge in [0.2, 0.25) is 8.07 Å². The van der Waals surface area contributed by atoms with E-state index < -0.39 is 8.07 Å². The highest BCUT2D eigenvalue weighted by molar-refractivity contribution is 7.18. The molecule has 26 heavy (non-hydrogen) atoms. The van der Waals surface area contributed by atoms with Crippen LogP contribution in [0.25, 0.3) is 0 Å². The highest BCUT2D eigenvalue weighted by Gasteiger charge is 2.46. The van der Waals surface area contributed by atoms with Gasteiger partial charge in [0.25, 0.3) is 0 Å². The van der Waals surface area contributed by atoms with Crippen LogP contribution < -0.4 is 21.1 Å². The van der Waals surface area contributed by atoms with E-state index in [1.807, 2.05) is 74.2 Å². The van der Waals surface area contributed by atoms with E-state index in [4.69, 9.17) is 15.0 Å². The molecule has 5 heteroatoms. The van der Waals surface area contributed by atoms with E-state index in [0.29, 0.717) is 0 Å². The van der Waals surface area contributed by atoms with Crippen LogP contribution in [-0.4, -0.2) is 28.0 Å². The second kappa shape index (κ2) is 6.97. The first-order valence-electron chi connectivity index (χ1n) is 8.49. The number of pyridine rings is 4. The van der Waals surface area contributed by atoms with Crippen molar-refractivity contribution in [3.63, 3.8) is 0 Å². The smallest absolute Gasteiger partial charge is 0.245 e. The van der Waals surface area contributed by atoms with Gasteiger partial charge in [-0.05, 0) is 54.6 Å². The van der Waals surface area contributed by atoms with Gasteiger partial charge >= 0.3 is 0 Å². The average molecular weight is 354 g/mol. The summed E-state index contributed by atoms with van der Waals surface area (Å²) in [5.74, 6) is 0. The summed E-state index contributed by atoms with van der Waals surface area (Å²) in [4.78, 5) is 18.8. The van der Waals surface area contributed by atoms with Gasteiger partial charge in [0, 0.05) is 46.4 Å². The number of hydrogen-bond acceptors (Lipinski definition) is 4. The van der Waals surface area contributed by atoms with Crippen molar-refractivity contribution in [3.8, 4) is 0 Å². The highest BCUT2D eigenvalue weighted by atomic mass is 28.3. The Kier molecular flexibility index (Phi) is 4.37. The van der Waals surface area contributed by atoms with Crippen LogP contribution in [0.1, 0.15) is 5.69 Å². The molecule has 0 unspecified atom stereocenters. The molecule has 0 aliphatic heterocycles. The first kappa shape index (κ1) is 16.3. The Morgan fingerprint density at radius 2 is 1.08 bits per heavy atom. The van der Waals surface area contributed by atoms with E-state index in [1.54, 1.807) is 0 Å². The molecular formula is C21H18N4Si. The van der Waals surface area contributed by atoms with Crippen molar-refractivity contribution in [2.45, 2.75) is 6.92 Å². The van der Waals surface area contributed by atoms with Crippen molar-refractivity contribution in [3.05, 3.63) is 97.2 Å². The number of aromatic nitrogens is 4. The predicted octanol–water partition coefficient (Wildman–Crippen LogP) is 0.952. The Balaban J connectivity index is 2.12. The van der Waals surface area contributed by atoms with Crippen LogP contribution in [0, 0.1) is 6.92 Å². The lowest BCUT2D eigenvalue weighted by atomic mass is 10.4. The van der Waals surface area contributed by atoms with Gasteiger partial charge in [0.15, 0.2) is 0 Å². The number of rotatable bonds is 4. The molecule has 0 aliphatic carbocycles. The van der Waals surface area contributed by atoms with E-state index in [1.165, 1.54) is 0 Å². The zero-order valence-corrected chi connectivity index (χ0v) is 15.4. The second-order valence-electron chi connectivity index (χ2n) is 6.08. The lowest BCUT2D eigenvalue weighted by molar-refractivity contribution is 1.21. The summed E-state index contributed by atoms with van der Waals surface area (Å²) < 4.78 is 0. The molecule has 4 aromatic heterocycles. The molecule has 0 aromatic carbocycles. The minimum absolute atomic E-state index is 0.986. The maximum absolute atomic E-state index is 4.76. The van der Waals surface area contributed by atoms with Crippen LogP contribution in [0.15, 0.2) is 91.5 Å². The van der Waals surface area contributed by atoms with Gasteiger partial charge in [0.1, 0.15) is 0 Å². The van der Waals surface area contributed by atoms with E-state index in [0.717, 1.165) is 26.8 Å². The molecule has 0 amide bonds. The van der Waals surface area contributed by atoms with Gasteiger partial charge in [-0.1, -0.05) is 24.3 Å². The predicted molar refractivity (Wildman–Crippen MR) is 106 cm³/mol. The fourth-order valence-corrected chi connectivity index (χ4v) is 7.39. The van der Waals surface area contributed by atoms with E-state index in [9.17, 15) is 0 Å². The molecule has 0 fully saturated rings. The first-order chi connectivity index (χ1) is 12.8. The lowest BCUT2D eigenvalue weighted by Crippen LogP contribution is -2.77. The van der Waals surface area contributed by atoms with E-state index in [-0.39, 0.29) is 0 Å². The average Bonchev–Trinajstić information content (AvgIpc) is 2.72. The summed E-state index contributed by atoms with van der Waals surface area (Å²) in [7, 11) is -2.72. The van der Waals surface area contributed by atoms with Gasteiger partial charge in [-0.3, -0.25) is 19.9 Å². The molecule has 0 bridgehead atoms. The molecule has 0 spiro atoms. The van der Waals surface area contributed by atoms with Crippen molar-refractivity contribution in [1.29, 1.82) is 0 Å². The Labute approximate surface area is 153 Å². The minimum Gasteiger partial charge on any atom is -0.265 e. The SMILES string of the molecule is Cc1ccc([Si](c2ccccn2)(c2ccccn2)c2ccccn2)cn1. The Bertz CT molecular complexity index is 878. The molecule has 0 saturated carbocycles. The fourth-order valence-electron chi connectivity index (χ4n) is 3.28. The van der Waals surface area contributed by atoms with Gasteiger partial charge in [-0.15, -0.1) is 0 Å². The third kappa shape index (κ3) is 2.72. The monoisotopic (exact) mass is 354 g/mol.